The molecule has 0 aliphatic carbocycles. The number of benzene rings is 2. The van der Waals surface area contributed by atoms with Gasteiger partial charge in [-0.05, 0) is 53.6 Å². The fourth-order valence-corrected chi connectivity index (χ4v) is 2.33. The van der Waals surface area contributed by atoms with Crippen LogP contribution in [0.15, 0.2) is 59.8 Å². The van der Waals surface area contributed by atoms with E-state index in [4.69, 9.17) is 0 Å². The van der Waals surface area contributed by atoms with Crippen molar-refractivity contribution in [2.75, 3.05) is 0 Å². The molecule has 0 amide bonds. The molecule has 3 heteroatoms. The van der Waals surface area contributed by atoms with E-state index in [9.17, 15) is 4.91 Å². The molecule has 1 heterocycles. The summed E-state index contributed by atoms with van der Waals surface area (Å²) in [5.41, 5.74) is 4.44. The second-order valence-electron chi connectivity index (χ2n) is 4.90. The summed E-state index contributed by atoms with van der Waals surface area (Å²) in [6.07, 6.45) is 3.88. The lowest BCUT2D eigenvalue weighted by atomic mass is 10.1. The van der Waals surface area contributed by atoms with Crippen molar-refractivity contribution in [1.82, 2.24) is 4.98 Å². The molecule has 102 valence electrons. The quantitative estimate of drug-likeness (QED) is 0.623. The topological polar surface area (TPSA) is 42.3 Å². The summed E-state index contributed by atoms with van der Waals surface area (Å²) >= 11 is 0. The van der Waals surface area contributed by atoms with Crippen molar-refractivity contribution >= 4 is 28.7 Å². The summed E-state index contributed by atoms with van der Waals surface area (Å²) < 4.78 is 0. The van der Waals surface area contributed by atoms with Crippen molar-refractivity contribution in [3.63, 3.8) is 0 Å². The predicted molar refractivity (Wildman–Crippen MR) is 87.3 cm³/mol. The van der Waals surface area contributed by atoms with Crippen LogP contribution < -0.4 is 0 Å². The number of hydrogen-bond donors (Lipinski definition) is 0. The molecule has 3 rings (SSSR count). The summed E-state index contributed by atoms with van der Waals surface area (Å²) in [7, 11) is 0. The Kier molecular flexibility index (Phi) is 3.56. The highest BCUT2D eigenvalue weighted by molar-refractivity contribution is 5.84. The van der Waals surface area contributed by atoms with E-state index in [-0.39, 0.29) is 0 Å². The molecule has 0 N–H and O–H groups in total. The second-order valence-corrected chi connectivity index (χ2v) is 4.90. The molecule has 0 saturated heterocycles. The third kappa shape index (κ3) is 2.87. The largest absolute Gasteiger partial charge is 0.248 e. The normalized spacial score (nSPS) is 11.1. The van der Waals surface area contributed by atoms with Gasteiger partial charge in [0.2, 0.25) is 0 Å². The van der Waals surface area contributed by atoms with Crippen LogP contribution in [0.1, 0.15) is 16.8 Å². The number of fused-ring (bicyclic) bond motifs is 1. The van der Waals surface area contributed by atoms with E-state index >= 15 is 0 Å². The van der Waals surface area contributed by atoms with Gasteiger partial charge in [0.1, 0.15) is 5.69 Å². The lowest BCUT2D eigenvalue weighted by Gasteiger charge is -2.03. The van der Waals surface area contributed by atoms with Crippen LogP contribution in [-0.2, 0) is 0 Å². The van der Waals surface area contributed by atoms with Gasteiger partial charge in [0.05, 0.1) is 11.2 Å². The highest BCUT2D eigenvalue weighted by Gasteiger charge is 2.00. The molecule has 0 spiro atoms. The first kappa shape index (κ1) is 13.2. The minimum absolute atomic E-state index is 0.430. The van der Waals surface area contributed by atoms with E-state index in [1.54, 1.807) is 12.1 Å². The van der Waals surface area contributed by atoms with Gasteiger partial charge in [0.15, 0.2) is 0 Å². The van der Waals surface area contributed by atoms with Gasteiger partial charge < -0.3 is 0 Å². The van der Waals surface area contributed by atoms with Gasteiger partial charge in [0, 0.05) is 5.39 Å². The average Bonchev–Trinajstić information content (AvgIpc) is 2.53. The number of nitrogens with zero attached hydrogens (tertiary/aromatic N) is 2. The first-order valence-corrected chi connectivity index (χ1v) is 6.74. The molecule has 0 fully saturated rings. The maximum Gasteiger partial charge on any atom is 0.108 e. The molecule has 0 radical (unpaired) electrons. The molecule has 3 aromatic rings. The van der Waals surface area contributed by atoms with Crippen molar-refractivity contribution in [3.8, 4) is 0 Å². The molecule has 0 unspecified atom stereocenters. The third-order valence-electron chi connectivity index (χ3n) is 3.36. The molecule has 2 aromatic carbocycles. The summed E-state index contributed by atoms with van der Waals surface area (Å²) in [6.45, 7) is 2.08. The Hall–Kier alpha value is -2.81. The monoisotopic (exact) mass is 274 g/mol. The number of hydrogen-bond acceptors (Lipinski definition) is 3. The van der Waals surface area contributed by atoms with E-state index in [2.05, 4.69) is 29.2 Å². The van der Waals surface area contributed by atoms with Crippen LogP contribution in [0.3, 0.4) is 0 Å². The van der Waals surface area contributed by atoms with Crippen molar-refractivity contribution in [2.24, 2.45) is 5.18 Å². The molecular weight excluding hydrogens is 260 g/mol. The molecule has 0 aliphatic rings. The highest BCUT2D eigenvalue weighted by atomic mass is 16.3. The van der Waals surface area contributed by atoms with E-state index in [0.29, 0.717) is 5.69 Å². The van der Waals surface area contributed by atoms with E-state index in [1.807, 2.05) is 42.5 Å². The number of rotatable bonds is 3. The van der Waals surface area contributed by atoms with Crippen LogP contribution in [0.2, 0.25) is 0 Å². The smallest absolute Gasteiger partial charge is 0.108 e. The Balaban J connectivity index is 1.97. The van der Waals surface area contributed by atoms with E-state index < -0.39 is 0 Å². The van der Waals surface area contributed by atoms with Gasteiger partial charge in [0.25, 0.3) is 0 Å². The van der Waals surface area contributed by atoms with Crippen LogP contribution in [0.5, 0.6) is 0 Å². The number of aromatic nitrogens is 1. The zero-order valence-electron chi connectivity index (χ0n) is 11.7. The minimum atomic E-state index is 0.430. The first-order valence-electron chi connectivity index (χ1n) is 6.74. The van der Waals surface area contributed by atoms with Crippen LogP contribution in [0, 0.1) is 11.8 Å². The molecule has 21 heavy (non-hydrogen) atoms. The number of aryl methyl sites for hydroxylation is 1. The van der Waals surface area contributed by atoms with Crippen LogP contribution in [0.4, 0.5) is 5.69 Å². The summed E-state index contributed by atoms with van der Waals surface area (Å²) in [4.78, 5) is 15.2. The molecule has 0 saturated carbocycles. The van der Waals surface area contributed by atoms with Gasteiger partial charge in [-0.1, -0.05) is 36.4 Å². The summed E-state index contributed by atoms with van der Waals surface area (Å²) in [6, 6.07) is 17.3. The van der Waals surface area contributed by atoms with E-state index in [0.717, 1.165) is 16.8 Å². The Bertz CT molecular complexity index is 837. The Labute approximate surface area is 122 Å². The zero-order chi connectivity index (χ0) is 14.7. The standard InChI is InChI=1S/C18H14N2O/c1-13-11-15(19-18-8-3-2-7-17(13)18)10-9-14-5-4-6-16(12-14)20-21/h2-12H,1H3/b10-9+. The Morgan fingerprint density at radius 1 is 1.00 bits per heavy atom. The lowest BCUT2D eigenvalue weighted by Crippen LogP contribution is -1.87. The minimum Gasteiger partial charge on any atom is -0.248 e. The van der Waals surface area contributed by atoms with Gasteiger partial charge >= 0.3 is 0 Å². The van der Waals surface area contributed by atoms with Crippen molar-refractivity contribution in [2.45, 2.75) is 6.92 Å². The van der Waals surface area contributed by atoms with Crippen LogP contribution in [-0.4, -0.2) is 4.98 Å². The highest BCUT2D eigenvalue weighted by Crippen LogP contribution is 2.19. The van der Waals surface area contributed by atoms with Crippen molar-refractivity contribution in [1.29, 1.82) is 0 Å². The fourth-order valence-electron chi connectivity index (χ4n) is 2.33. The Morgan fingerprint density at radius 2 is 1.86 bits per heavy atom. The molecule has 0 bridgehead atoms. The summed E-state index contributed by atoms with van der Waals surface area (Å²) in [5, 5.41) is 4.11. The van der Waals surface area contributed by atoms with Gasteiger partial charge in [-0.2, -0.15) is 0 Å². The van der Waals surface area contributed by atoms with Crippen molar-refractivity contribution < 1.29 is 0 Å². The molecule has 3 nitrogen and oxygen atoms in total. The maximum atomic E-state index is 10.5. The number of pyridine rings is 1. The molecule has 0 aliphatic heterocycles. The third-order valence-corrected chi connectivity index (χ3v) is 3.36. The van der Waals surface area contributed by atoms with Gasteiger partial charge in [-0.3, -0.25) is 0 Å². The SMILES string of the molecule is Cc1cc(/C=C/c2cccc(N=O)c2)nc2ccccc12. The molecule has 1 aromatic heterocycles. The average molecular weight is 274 g/mol. The predicted octanol–water partition coefficient (Wildman–Crippen LogP) is 5.11. The first-order chi connectivity index (χ1) is 10.3. The lowest BCUT2D eigenvalue weighted by molar-refractivity contribution is 1.34. The Morgan fingerprint density at radius 3 is 2.71 bits per heavy atom. The van der Waals surface area contributed by atoms with Crippen LogP contribution in [0.25, 0.3) is 23.1 Å². The van der Waals surface area contributed by atoms with Gasteiger partial charge in [-0.25, -0.2) is 4.98 Å². The zero-order valence-corrected chi connectivity index (χ0v) is 11.7. The summed E-state index contributed by atoms with van der Waals surface area (Å²) in [5.74, 6) is 0. The number of para-hydroxylation sites is 1. The molecular formula is C18H14N2O. The number of nitroso groups, excluding NO2 is 1. The second kappa shape index (κ2) is 5.67. The van der Waals surface area contributed by atoms with Crippen molar-refractivity contribution in [3.05, 3.63) is 76.3 Å². The van der Waals surface area contributed by atoms with E-state index in [1.165, 1.54) is 10.9 Å². The molecule has 0 atom stereocenters. The fraction of sp³-hybridized carbons (Fsp3) is 0.0556. The maximum absolute atomic E-state index is 10.5. The van der Waals surface area contributed by atoms with Crippen LogP contribution >= 0.6 is 0 Å². The van der Waals surface area contributed by atoms with Gasteiger partial charge in [-0.15, -0.1) is 4.91 Å².